The van der Waals surface area contributed by atoms with E-state index in [9.17, 15) is 8.42 Å². The highest BCUT2D eigenvalue weighted by Crippen LogP contribution is 2.23. The Morgan fingerprint density at radius 1 is 1.10 bits per heavy atom. The zero-order valence-electron chi connectivity index (χ0n) is 11.1. The van der Waals surface area contributed by atoms with Crippen LogP contribution >= 0.6 is 0 Å². The topological polar surface area (TPSA) is 84.2 Å². The van der Waals surface area contributed by atoms with Gasteiger partial charge < -0.3 is 5.43 Å². The Labute approximate surface area is 118 Å². The summed E-state index contributed by atoms with van der Waals surface area (Å²) in [6.07, 6.45) is 0.844. The standard InChI is InChI=1S/C14H17N3O2S/c1-2-11-6-5-7-12(10-11)17-20(18,19)14-9-4-3-8-13(14)16-15/h3-10,16-17H,2,15H2,1H3. The quantitative estimate of drug-likeness (QED) is 0.583. The van der Waals surface area contributed by atoms with Crippen molar-refractivity contribution >= 4 is 21.4 Å². The van der Waals surface area contributed by atoms with E-state index < -0.39 is 10.0 Å². The van der Waals surface area contributed by atoms with Crippen LogP contribution in [-0.2, 0) is 16.4 Å². The first-order valence-electron chi connectivity index (χ1n) is 6.24. The minimum atomic E-state index is -3.67. The highest BCUT2D eigenvalue weighted by atomic mass is 32.2. The minimum Gasteiger partial charge on any atom is -0.323 e. The average Bonchev–Trinajstić information content (AvgIpc) is 2.47. The second-order valence-corrected chi connectivity index (χ2v) is 5.95. The number of benzene rings is 2. The van der Waals surface area contributed by atoms with Crippen LogP contribution in [0.25, 0.3) is 0 Å². The molecule has 4 N–H and O–H groups in total. The number of aryl methyl sites for hydroxylation is 1. The van der Waals surface area contributed by atoms with E-state index >= 15 is 0 Å². The molecular formula is C14H17N3O2S. The third kappa shape index (κ3) is 3.09. The van der Waals surface area contributed by atoms with Crippen molar-refractivity contribution < 1.29 is 8.42 Å². The molecule has 0 bridgehead atoms. The molecule has 0 aliphatic heterocycles. The highest BCUT2D eigenvalue weighted by Gasteiger charge is 2.17. The first-order valence-corrected chi connectivity index (χ1v) is 7.72. The SMILES string of the molecule is CCc1cccc(NS(=O)(=O)c2ccccc2NN)c1. The summed E-state index contributed by atoms with van der Waals surface area (Å²) in [5.74, 6) is 5.34. The third-order valence-corrected chi connectivity index (χ3v) is 4.36. The molecule has 2 rings (SSSR count). The number of hydrogen-bond acceptors (Lipinski definition) is 4. The molecule has 0 saturated carbocycles. The van der Waals surface area contributed by atoms with Crippen LogP contribution in [0.5, 0.6) is 0 Å². The Kier molecular flexibility index (Phi) is 4.26. The van der Waals surface area contributed by atoms with Gasteiger partial charge in [-0.2, -0.15) is 0 Å². The number of nitrogens with one attached hydrogen (secondary N) is 2. The number of hydrogen-bond donors (Lipinski definition) is 3. The average molecular weight is 291 g/mol. The Morgan fingerprint density at radius 2 is 1.85 bits per heavy atom. The highest BCUT2D eigenvalue weighted by molar-refractivity contribution is 7.92. The Bertz CT molecular complexity index is 699. The molecule has 106 valence electrons. The van der Waals surface area contributed by atoms with E-state index in [4.69, 9.17) is 5.84 Å². The summed E-state index contributed by atoms with van der Waals surface area (Å²) < 4.78 is 27.3. The van der Waals surface area contributed by atoms with Crippen molar-refractivity contribution in [3.63, 3.8) is 0 Å². The third-order valence-electron chi connectivity index (χ3n) is 2.92. The van der Waals surface area contributed by atoms with Crippen LogP contribution in [-0.4, -0.2) is 8.42 Å². The number of sulfonamides is 1. The van der Waals surface area contributed by atoms with Crippen LogP contribution in [0.2, 0.25) is 0 Å². The Morgan fingerprint density at radius 3 is 2.55 bits per heavy atom. The van der Waals surface area contributed by atoms with Gasteiger partial charge in [0, 0.05) is 5.69 Å². The van der Waals surface area contributed by atoms with Gasteiger partial charge in [0.15, 0.2) is 0 Å². The number of rotatable bonds is 5. The van der Waals surface area contributed by atoms with Gasteiger partial charge in [0.2, 0.25) is 0 Å². The number of anilines is 2. The van der Waals surface area contributed by atoms with Gasteiger partial charge in [-0.25, -0.2) is 8.42 Å². The van der Waals surface area contributed by atoms with E-state index in [1.807, 2.05) is 25.1 Å². The van der Waals surface area contributed by atoms with Crippen molar-refractivity contribution in [3.8, 4) is 0 Å². The van der Waals surface area contributed by atoms with Gasteiger partial charge in [-0.05, 0) is 36.2 Å². The van der Waals surface area contributed by atoms with Gasteiger partial charge in [-0.3, -0.25) is 10.6 Å². The molecule has 0 fully saturated rings. The number of para-hydroxylation sites is 1. The summed E-state index contributed by atoms with van der Waals surface area (Å²) in [6.45, 7) is 2.02. The number of nitrogens with two attached hydrogens (primary N) is 1. The molecular weight excluding hydrogens is 274 g/mol. The van der Waals surface area contributed by atoms with E-state index in [0.717, 1.165) is 12.0 Å². The van der Waals surface area contributed by atoms with Gasteiger partial charge in [0.1, 0.15) is 4.90 Å². The Hall–Kier alpha value is -2.05. The van der Waals surface area contributed by atoms with Gasteiger partial charge >= 0.3 is 0 Å². The van der Waals surface area contributed by atoms with Gasteiger partial charge in [-0.15, -0.1) is 0 Å². The zero-order chi connectivity index (χ0) is 14.6. The normalized spacial score (nSPS) is 11.1. The monoisotopic (exact) mass is 291 g/mol. The van der Waals surface area contributed by atoms with Crippen LogP contribution in [0, 0.1) is 0 Å². The van der Waals surface area contributed by atoms with Crippen LogP contribution in [0.1, 0.15) is 12.5 Å². The van der Waals surface area contributed by atoms with Crippen molar-refractivity contribution in [2.24, 2.45) is 5.84 Å². The van der Waals surface area contributed by atoms with Gasteiger partial charge in [0.25, 0.3) is 10.0 Å². The van der Waals surface area contributed by atoms with E-state index in [-0.39, 0.29) is 4.90 Å². The largest absolute Gasteiger partial charge is 0.323 e. The van der Waals surface area contributed by atoms with Gasteiger partial charge in [0.05, 0.1) is 5.69 Å². The minimum absolute atomic E-state index is 0.115. The molecule has 5 nitrogen and oxygen atoms in total. The molecule has 0 spiro atoms. The van der Waals surface area contributed by atoms with E-state index in [2.05, 4.69) is 10.1 Å². The molecule has 0 aromatic heterocycles. The molecule has 0 aliphatic carbocycles. The van der Waals surface area contributed by atoms with Crippen LogP contribution in [0.3, 0.4) is 0 Å². The van der Waals surface area contributed by atoms with Crippen LogP contribution < -0.4 is 16.0 Å². The first-order chi connectivity index (χ1) is 9.56. The molecule has 20 heavy (non-hydrogen) atoms. The maximum Gasteiger partial charge on any atom is 0.264 e. The van der Waals surface area contributed by atoms with E-state index in [0.29, 0.717) is 11.4 Å². The molecule has 0 aliphatic rings. The lowest BCUT2D eigenvalue weighted by Crippen LogP contribution is -2.17. The lowest BCUT2D eigenvalue weighted by molar-refractivity contribution is 0.601. The smallest absolute Gasteiger partial charge is 0.264 e. The van der Waals surface area contributed by atoms with E-state index in [1.165, 1.54) is 6.07 Å². The van der Waals surface area contributed by atoms with Gasteiger partial charge in [-0.1, -0.05) is 31.2 Å². The fourth-order valence-corrected chi connectivity index (χ4v) is 3.11. The van der Waals surface area contributed by atoms with Crippen molar-refractivity contribution in [1.82, 2.24) is 0 Å². The van der Waals surface area contributed by atoms with Crippen molar-refractivity contribution in [1.29, 1.82) is 0 Å². The zero-order valence-corrected chi connectivity index (χ0v) is 11.9. The lowest BCUT2D eigenvalue weighted by Gasteiger charge is -2.12. The molecule has 0 saturated heterocycles. The molecule has 2 aromatic carbocycles. The Balaban J connectivity index is 2.35. The van der Waals surface area contributed by atoms with Crippen molar-refractivity contribution in [3.05, 3.63) is 54.1 Å². The van der Waals surface area contributed by atoms with Crippen molar-refractivity contribution in [2.45, 2.75) is 18.2 Å². The lowest BCUT2D eigenvalue weighted by atomic mass is 10.1. The summed E-state index contributed by atoms with van der Waals surface area (Å²) in [6, 6.07) is 13.8. The summed E-state index contributed by atoms with van der Waals surface area (Å²) in [5, 5.41) is 0. The summed E-state index contributed by atoms with van der Waals surface area (Å²) in [5.41, 5.74) is 4.35. The maximum absolute atomic E-state index is 12.4. The summed E-state index contributed by atoms with van der Waals surface area (Å²) in [4.78, 5) is 0.115. The predicted molar refractivity (Wildman–Crippen MR) is 80.9 cm³/mol. The molecule has 0 unspecified atom stereocenters. The molecule has 6 heteroatoms. The molecule has 2 aromatic rings. The maximum atomic E-state index is 12.4. The summed E-state index contributed by atoms with van der Waals surface area (Å²) >= 11 is 0. The number of nitrogen functional groups attached to an aromatic ring is 1. The fourth-order valence-electron chi connectivity index (χ4n) is 1.89. The molecule has 0 radical (unpaired) electrons. The molecule has 0 atom stereocenters. The summed E-state index contributed by atoms with van der Waals surface area (Å²) in [7, 11) is -3.67. The van der Waals surface area contributed by atoms with E-state index in [1.54, 1.807) is 24.3 Å². The van der Waals surface area contributed by atoms with Crippen LogP contribution in [0.4, 0.5) is 11.4 Å². The molecule has 0 amide bonds. The first kappa shape index (κ1) is 14.4. The van der Waals surface area contributed by atoms with Crippen molar-refractivity contribution in [2.75, 3.05) is 10.1 Å². The second-order valence-electron chi connectivity index (χ2n) is 4.30. The predicted octanol–water partition coefficient (Wildman–Crippen LogP) is 2.34. The second kappa shape index (κ2) is 5.94. The molecule has 0 heterocycles. The van der Waals surface area contributed by atoms with Crippen LogP contribution in [0.15, 0.2) is 53.4 Å². The number of hydrazine groups is 1. The fraction of sp³-hybridized carbons (Fsp3) is 0.143.